The lowest BCUT2D eigenvalue weighted by molar-refractivity contribution is -0.127. The summed E-state index contributed by atoms with van der Waals surface area (Å²) >= 11 is 0. The zero-order valence-corrected chi connectivity index (χ0v) is 8.90. The topological polar surface area (TPSA) is 9.23 Å². The molecule has 4 heteroatoms. The number of hydrogen-bond donors (Lipinski definition) is 0. The van der Waals surface area contributed by atoms with Crippen LogP contribution in [0.2, 0.25) is 0 Å². The molecule has 0 N–H and O–H groups in total. The van der Waals surface area contributed by atoms with Gasteiger partial charge in [-0.1, -0.05) is 17.7 Å². The fourth-order valence-corrected chi connectivity index (χ4v) is 1.68. The molecule has 1 nitrogen and oxygen atoms in total. The molecule has 0 aromatic heterocycles. The van der Waals surface area contributed by atoms with E-state index in [1.165, 1.54) is 13.2 Å². The van der Waals surface area contributed by atoms with Gasteiger partial charge in [-0.3, -0.25) is 0 Å². The molecule has 84 valence electrons. The average molecular weight is 218 g/mol. The lowest BCUT2D eigenvalue weighted by atomic mass is 10.0. The lowest BCUT2D eigenvalue weighted by Gasteiger charge is -2.14. The summed E-state index contributed by atoms with van der Waals surface area (Å²) in [4.78, 5) is 0. The van der Waals surface area contributed by atoms with Gasteiger partial charge in [0, 0.05) is 5.56 Å². The van der Waals surface area contributed by atoms with Crippen LogP contribution in [-0.4, -0.2) is 13.3 Å². The first kappa shape index (κ1) is 11.9. The fourth-order valence-electron chi connectivity index (χ4n) is 1.68. The third kappa shape index (κ3) is 3.15. The fraction of sp³-hybridized carbons (Fsp3) is 0.455. The van der Waals surface area contributed by atoms with E-state index in [0.29, 0.717) is 5.75 Å². The van der Waals surface area contributed by atoms with E-state index >= 15 is 0 Å². The third-order valence-electron chi connectivity index (χ3n) is 2.09. The predicted octanol–water partition coefficient (Wildman–Crippen LogP) is 3.42. The van der Waals surface area contributed by atoms with E-state index in [1.807, 2.05) is 0 Å². The van der Waals surface area contributed by atoms with Crippen molar-refractivity contribution in [2.24, 2.45) is 0 Å². The Kier molecular flexibility index (Phi) is 3.27. The largest absolute Gasteiger partial charge is 0.496 e. The molecule has 0 aliphatic rings. The van der Waals surface area contributed by atoms with Crippen molar-refractivity contribution in [3.63, 3.8) is 0 Å². The van der Waals surface area contributed by atoms with Gasteiger partial charge in [-0.05, 0) is 19.4 Å². The highest BCUT2D eigenvalue weighted by molar-refractivity contribution is 5.44. The quantitative estimate of drug-likeness (QED) is 0.739. The molecule has 0 fully saturated rings. The van der Waals surface area contributed by atoms with Crippen LogP contribution >= 0.6 is 0 Å². The Hall–Kier alpha value is -1.19. The summed E-state index contributed by atoms with van der Waals surface area (Å²) < 4.78 is 41.8. The minimum absolute atomic E-state index is 0.197. The van der Waals surface area contributed by atoms with Gasteiger partial charge in [0.05, 0.1) is 13.5 Å². The van der Waals surface area contributed by atoms with Gasteiger partial charge in [0.15, 0.2) is 0 Å². The second-order valence-corrected chi connectivity index (χ2v) is 3.57. The molecule has 0 spiro atoms. The number of ether oxygens (including phenoxy) is 1. The molecule has 0 saturated carbocycles. The molecule has 0 atom stereocenters. The maximum absolute atomic E-state index is 12.3. The molecule has 1 aromatic rings. The summed E-state index contributed by atoms with van der Waals surface area (Å²) in [5, 5.41) is 0. The first-order valence-corrected chi connectivity index (χ1v) is 4.54. The van der Waals surface area contributed by atoms with E-state index < -0.39 is 12.6 Å². The number of rotatable bonds is 2. The SMILES string of the molecule is COc1c(C)cc(C)cc1CC(F)(F)F. The van der Waals surface area contributed by atoms with Crippen LogP contribution < -0.4 is 4.74 Å². The monoisotopic (exact) mass is 218 g/mol. The van der Waals surface area contributed by atoms with Crippen LogP contribution in [0.15, 0.2) is 12.1 Å². The molecular weight excluding hydrogens is 205 g/mol. The number of hydrogen-bond acceptors (Lipinski definition) is 1. The normalized spacial score (nSPS) is 11.6. The maximum Gasteiger partial charge on any atom is 0.393 e. The van der Waals surface area contributed by atoms with Crippen molar-refractivity contribution in [1.29, 1.82) is 0 Å². The summed E-state index contributed by atoms with van der Waals surface area (Å²) in [6.07, 6.45) is -5.15. The lowest BCUT2D eigenvalue weighted by Crippen LogP contribution is -2.13. The zero-order valence-electron chi connectivity index (χ0n) is 8.90. The molecule has 0 unspecified atom stereocenters. The molecule has 0 bridgehead atoms. The van der Waals surface area contributed by atoms with Gasteiger partial charge in [0.1, 0.15) is 5.75 Å². The van der Waals surface area contributed by atoms with E-state index in [2.05, 4.69) is 0 Å². The summed E-state index contributed by atoms with van der Waals surface area (Å²) in [6, 6.07) is 3.32. The van der Waals surface area contributed by atoms with Crippen LogP contribution in [0.25, 0.3) is 0 Å². The van der Waals surface area contributed by atoms with Crippen molar-refractivity contribution in [2.45, 2.75) is 26.4 Å². The second kappa shape index (κ2) is 4.13. The molecule has 1 aromatic carbocycles. The molecule has 15 heavy (non-hydrogen) atoms. The van der Waals surface area contributed by atoms with Gasteiger partial charge >= 0.3 is 6.18 Å². The predicted molar refractivity (Wildman–Crippen MR) is 52.2 cm³/mol. The molecule has 0 saturated heterocycles. The van der Waals surface area contributed by atoms with Crippen molar-refractivity contribution in [3.8, 4) is 5.75 Å². The van der Waals surface area contributed by atoms with Gasteiger partial charge < -0.3 is 4.74 Å². The second-order valence-electron chi connectivity index (χ2n) is 3.57. The molecule has 0 radical (unpaired) electrons. The summed E-state index contributed by atoms with van der Waals surface area (Å²) in [7, 11) is 1.39. The summed E-state index contributed by atoms with van der Waals surface area (Å²) in [5.41, 5.74) is 1.74. The van der Waals surface area contributed by atoms with Gasteiger partial charge in [-0.25, -0.2) is 0 Å². The van der Waals surface area contributed by atoms with Crippen molar-refractivity contribution in [2.75, 3.05) is 7.11 Å². The third-order valence-corrected chi connectivity index (χ3v) is 2.09. The summed E-state index contributed by atoms with van der Waals surface area (Å²) in [5.74, 6) is 0.331. The highest BCUT2D eigenvalue weighted by Crippen LogP contribution is 2.30. The van der Waals surface area contributed by atoms with Crippen molar-refractivity contribution >= 4 is 0 Å². The molecule has 0 aliphatic heterocycles. The van der Waals surface area contributed by atoms with Crippen LogP contribution in [-0.2, 0) is 6.42 Å². The Morgan fingerprint density at radius 2 is 1.80 bits per heavy atom. The Morgan fingerprint density at radius 3 is 2.27 bits per heavy atom. The van der Waals surface area contributed by atoms with E-state index in [-0.39, 0.29) is 5.56 Å². The van der Waals surface area contributed by atoms with Crippen LogP contribution in [0.4, 0.5) is 13.2 Å². The maximum atomic E-state index is 12.3. The molecular formula is C11H13F3O. The highest BCUT2D eigenvalue weighted by Gasteiger charge is 2.29. The minimum atomic E-state index is -4.20. The first-order chi connectivity index (χ1) is 6.83. The van der Waals surface area contributed by atoms with Crippen LogP contribution in [0.1, 0.15) is 16.7 Å². The number of aryl methyl sites for hydroxylation is 2. The average Bonchev–Trinajstić information content (AvgIpc) is 1.99. The Bertz CT molecular complexity index is 356. The number of alkyl halides is 3. The molecule has 1 rings (SSSR count). The van der Waals surface area contributed by atoms with E-state index in [4.69, 9.17) is 4.74 Å². The number of halogens is 3. The first-order valence-electron chi connectivity index (χ1n) is 4.54. The van der Waals surface area contributed by atoms with Crippen molar-refractivity contribution in [3.05, 3.63) is 28.8 Å². The van der Waals surface area contributed by atoms with Crippen LogP contribution in [0.3, 0.4) is 0 Å². The highest BCUT2D eigenvalue weighted by atomic mass is 19.4. The number of methoxy groups -OCH3 is 1. The number of benzene rings is 1. The Balaban J connectivity index is 3.15. The van der Waals surface area contributed by atoms with Crippen LogP contribution in [0, 0.1) is 13.8 Å². The Morgan fingerprint density at radius 1 is 1.20 bits per heavy atom. The van der Waals surface area contributed by atoms with Gasteiger partial charge in [-0.15, -0.1) is 0 Å². The summed E-state index contributed by atoms with van der Waals surface area (Å²) in [6.45, 7) is 3.51. The van der Waals surface area contributed by atoms with Crippen LogP contribution in [0.5, 0.6) is 5.75 Å². The van der Waals surface area contributed by atoms with Gasteiger partial charge in [-0.2, -0.15) is 13.2 Å². The van der Waals surface area contributed by atoms with Gasteiger partial charge in [0.2, 0.25) is 0 Å². The van der Waals surface area contributed by atoms with Crippen molar-refractivity contribution in [1.82, 2.24) is 0 Å². The zero-order chi connectivity index (χ0) is 11.6. The standard InChI is InChI=1S/C11H13F3O/c1-7-4-8(2)10(15-3)9(5-7)6-11(12,13)14/h4-5H,6H2,1-3H3. The Labute approximate surface area is 86.9 Å². The minimum Gasteiger partial charge on any atom is -0.496 e. The van der Waals surface area contributed by atoms with Gasteiger partial charge in [0.25, 0.3) is 0 Å². The molecule has 0 amide bonds. The van der Waals surface area contributed by atoms with E-state index in [1.54, 1.807) is 19.9 Å². The molecule has 0 aliphatic carbocycles. The molecule has 0 heterocycles. The smallest absolute Gasteiger partial charge is 0.393 e. The van der Waals surface area contributed by atoms with Crippen molar-refractivity contribution < 1.29 is 17.9 Å². The van der Waals surface area contributed by atoms with E-state index in [9.17, 15) is 13.2 Å². The van der Waals surface area contributed by atoms with E-state index in [0.717, 1.165) is 11.1 Å².